The van der Waals surface area contributed by atoms with E-state index in [1.165, 1.54) is 31.8 Å². The molecule has 0 spiro atoms. The highest BCUT2D eigenvalue weighted by Gasteiger charge is 2.14. The molecular formula is C13H26ClNO2. The second-order valence-corrected chi connectivity index (χ2v) is 4.82. The van der Waals surface area contributed by atoms with Crippen LogP contribution in [0.15, 0.2) is 12.7 Å². The van der Waals surface area contributed by atoms with Gasteiger partial charge in [0, 0.05) is 6.08 Å². The van der Waals surface area contributed by atoms with E-state index in [1.54, 1.807) is 0 Å². The third kappa shape index (κ3) is 11.7. The average Bonchev–Trinajstić information content (AvgIpc) is 2.24. The molecule has 3 nitrogen and oxygen atoms in total. The van der Waals surface area contributed by atoms with Gasteiger partial charge in [-0.3, -0.25) is 0 Å². The Kier molecular flexibility index (Phi) is 11.7. The van der Waals surface area contributed by atoms with Gasteiger partial charge in [-0.1, -0.05) is 26.3 Å². The fraction of sp³-hybridized carbons (Fsp3) is 0.769. The molecule has 0 heterocycles. The van der Waals surface area contributed by atoms with Crippen LogP contribution in [0.4, 0.5) is 0 Å². The molecule has 102 valence electrons. The Morgan fingerprint density at radius 3 is 2.41 bits per heavy atom. The van der Waals surface area contributed by atoms with E-state index in [1.807, 2.05) is 0 Å². The van der Waals surface area contributed by atoms with Crippen LogP contribution in [0, 0.1) is 0 Å². The summed E-state index contributed by atoms with van der Waals surface area (Å²) in [4.78, 5) is 10.8. The topological polar surface area (TPSA) is 26.3 Å². The number of ether oxygens (including phenoxy) is 1. The summed E-state index contributed by atoms with van der Waals surface area (Å²) in [6, 6.07) is 0. The third-order valence-electron chi connectivity index (χ3n) is 2.72. The number of hydrogen-bond acceptors (Lipinski definition) is 2. The van der Waals surface area contributed by atoms with Crippen LogP contribution in [0.3, 0.4) is 0 Å². The number of esters is 1. The number of hydrogen-bond donors (Lipinski definition) is 0. The zero-order chi connectivity index (χ0) is 12.4. The first-order valence-corrected chi connectivity index (χ1v) is 6.13. The molecule has 0 aromatic heterocycles. The van der Waals surface area contributed by atoms with Gasteiger partial charge in [-0.2, -0.15) is 0 Å². The summed E-state index contributed by atoms with van der Waals surface area (Å²) in [6.07, 6.45) is 6.33. The lowest BCUT2D eigenvalue weighted by Gasteiger charge is -2.29. The molecule has 0 N–H and O–H groups in total. The first kappa shape index (κ1) is 18.8. The molecule has 4 heteroatoms. The van der Waals surface area contributed by atoms with Crippen molar-refractivity contribution in [2.24, 2.45) is 0 Å². The summed E-state index contributed by atoms with van der Waals surface area (Å²) >= 11 is 0. The van der Waals surface area contributed by atoms with E-state index >= 15 is 0 Å². The van der Waals surface area contributed by atoms with Gasteiger partial charge in [0.1, 0.15) is 13.2 Å². The number of unbranched alkanes of at least 4 members (excludes halogenated alkanes) is 3. The normalized spacial score (nSPS) is 10.5. The second-order valence-electron chi connectivity index (χ2n) is 4.82. The molecular weight excluding hydrogens is 238 g/mol. The number of carbonyl (C=O) groups excluding carboxylic acids is 1. The lowest BCUT2D eigenvalue weighted by molar-refractivity contribution is -0.890. The van der Waals surface area contributed by atoms with Gasteiger partial charge in [0.05, 0.1) is 20.6 Å². The van der Waals surface area contributed by atoms with Crippen molar-refractivity contribution in [3.63, 3.8) is 0 Å². The molecule has 0 saturated heterocycles. The minimum absolute atomic E-state index is 0. The summed E-state index contributed by atoms with van der Waals surface area (Å²) in [5, 5.41) is 0. The van der Waals surface area contributed by atoms with E-state index in [9.17, 15) is 4.79 Å². The summed E-state index contributed by atoms with van der Waals surface area (Å²) in [5.74, 6) is -0.328. The first-order valence-electron chi connectivity index (χ1n) is 6.13. The van der Waals surface area contributed by atoms with Crippen LogP contribution in [-0.2, 0) is 9.53 Å². The quantitative estimate of drug-likeness (QED) is 0.240. The Bertz CT molecular complexity index is 217. The van der Waals surface area contributed by atoms with Crippen molar-refractivity contribution >= 4 is 5.97 Å². The Balaban J connectivity index is 0. The molecule has 0 aliphatic rings. The van der Waals surface area contributed by atoms with E-state index in [-0.39, 0.29) is 18.4 Å². The molecule has 0 unspecified atom stereocenters. The molecule has 0 rings (SSSR count). The third-order valence-corrected chi connectivity index (χ3v) is 2.72. The van der Waals surface area contributed by atoms with Crippen LogP contribution in [0.1, 0.15) is 32.6 Å². The second kappa shape index (κ2) is 10.6. The maximum Gasteiger partial charge on any atom is 0.330 e. The van der Waals surface area contributed by atoms with Gasteiger partial charge in [0.25, 0.3) is 0 Å². The molecule has 0 radical (unpaired) electrons. The maximum atomic E-state index is 10.8. The zero-order valence-corrected chi connectivity index (χ0v) is 12.1. The average molecular weight is 264 g/mol. The first-order chi connectivity index (χ1) is 7.52. The minimum Gasteiger partial charge on any atom is -1.00 e. The van der Waals surface area contributed by atoms with Crippen molar-refractivity contribution in [3.8, 4) is 0 Å². The fourth-order valence-electron chi connectivity index (χ4n) is 1.53. The van der Waals surface area contributed by atoms with Gasteiger partial charge in [-0.05, 0) is 12.8 Å². The largest absolute Gasteiger partial charge is 1.00 e. The highest BCUT2D eigenvalue weighted by Crippen LogP contribution is 2.05. The minimum atomic E-state index is -0.328. The molecule has 0 aromatic rings. The van der Waals surface area contributed by atoms with E-state index < -0.39 is 0 Å². The Labute approximate surface area is 112 Å². The molecule has 0 bridgehead atoms. The number of nitrogens with zero attached hydrogens (tertiary/aromatic N) is 1. The van der Waals surface area contributed by atoms with Crippen molar-refractivity contribution in [2.75, 3.05) is 33.8 Å². The number of rotatable bonds is 9. The molecule has 0 fully saturated rings. The number of quaternary nitrogens is 1. The van der Waals surface area contributed by atoms with Crippen LogP contribution in [0.2, 0.25) is 0 Å². The standard InChI is InChI=1S/C13H26NO2.ClH/c1-5-7-8-9-10-14(3,4)11-12-16-13(15)6-2;/h6H,2,5,7-12H2,1,3-4H3;1H/q+1;/p-1. The van der Waals surface area contributed by atoms with Crippen LogP contribution in [0.25, 0.3) is 0 Å². The van der Waals surface area contributed by atoms with E-state index in [4.69, 9.17) is 4.74 Å². The van der Waals surface area contributed by atoms with E-state index in [0.29, 0.717) is 6.61 Å². The molecule has 0 atom stereocenters. The lowest BCUT2D eigenvalue weighted by Crippen LogP contribution is -3.00. The molecule has 17 heavy (non-hydrogen) atoms. The predicted molar refractivity (Wildman–Crippen MR) is 67.1 cm³/mol. The SMILES string of the molecule is C=CC(=O)OCC[N+](C)(C)CCCCCC.[Cl-]. The van der Waals surface area contributed by atoms with Crippen LogP contribution < -0.4 is 12.4 Å². The van der Waals surface area contributed by atoms with Gasteiger partial charge < -0.3 is 21.6 Å². The van der Waals surface area contributed by atoms with Crippen molar-refractivity contribution in [1.82, 2.24) is 0 Å². The summed E-state index contributed by atoms with van der Waals surface area (Å²) in [7, 11) is 4.35. The lowest BCUT2D eigenvalue weighted by atomic mass is 10.2. The number of carbonyl (C=O) groups is 1. The fourth-order valence-corrected chi connectivity index (χ4v) is 1.53. The Morgan fingerprint density at radius 2 is 1.88 bits per heavy atom. The molecule has 0 aliphatic heterocycles. The van der Waals surface area contributed by atoms with Crippen LogP contribution in [-0.4, -0.2) is 44.2 Å². The highest BCUT2D eigenvalue weighted by atomic mass is 35.5. The van der Waals surface area contributed by atoms with Gasteiger partial charge >= 0.3 is 5.97 Å². The molecule has 0 aliphatic carbocycles. The molecule has 0 saturated carbocycles. The smallest absolute Gasteiger partial charge is 0.330 e. The van der Waals surface area contributed by atoms with E-state index in [0.717, 1.165) is 17.6 Å². The summed E-state index contributed by atoms with van der Waals surface area (Å²) < 4.78 is 5.89. The summed E-state index contributed by atoms with van der Waals surface area (Å²) in [5.41, 5.74) is 0. The highest BCUT2D eigenvalue weighted by molar-refractivity contribution is 5.81. The van der Waals surface area contributed by atoms with Crippen molar-refractivity contribution in [3.05, 3.63) is 12.7 Å². The number of likely N-dealkylation sites (N-methyl/N-ethyl adjacent to an activating group) is 1. The van der Waals surface area contributed by atoms with Gasteiger partial charge in [-0.15, -0.1) is 0 Å². The maximum absolute atomic E-state index is 10.8. The van der Waals surface area contributed by atoms with Crippen molar-refractivity contribution in [2.45, 2.75) is 32.6 Å². The van der Waals surface area contributed by atoms with Gasteiger partial charge in [0.2, 0.25) is 0 Å². The van der Waals surface area contributed by atoms with Gasteiger partial charge in [-0.25, -0.2) is 4.79 Å². The van der Waals surface area contributed by atoms with Crippen molar-refractivity contribution in [1.29, 1.82) is 0 Å². The number of halogens is 1. The molecule has 0 amide bonds. The predicted octanol–water partition coefficient (Wildman–Crippen LogP) is -0.624. The van der Waals surface area contributed by atoms with Crippen LogP contribution in [0.5, 0.6) is 0 Å². The Morgan fingerprint density at radius 1 is 1.24 bits per heavy atom. The Hall–Kier alpha value is -0.540. The summed E-state index contributed by atoms with van der Waals surface area (Å²) in [6.45, 7) is 8.07. The molecule has 0 aromatic carbocycles. The van der Waals surface area contributed by atoms with Crippen LogP contribution >= 0.6 is 0 Å². The van der Waals surface area contributed by atoms with E-state index in [2.05, 4.69) is 27.6 Å². The van der Waals surface area contributed by atoms with Gasteiger partial charge in [0.15, 0.2) is 0 Å². The van der Waals surface area contributed by atoms with Crippen molar-refractivity contribution < 1.29 is 26.4 Å². The monoisotopic (exact) mass is 263 g/mol. The zero-order valence-electron chi connectivity index (χ0n) is 11.4.